The van der Waals surface area contributed by atoms with Crippen molar-refractivity contribution in [3.8, 4) is 28.0 Å². The van der Waals surface area contributed by atoms with E-state index in [9.17, 15) is 4.79 Å². The molecular formula is C28H23N6O2S+. The molecule has 0 bridgehead atoms. The van der Waals surface area contributed by atoms with Crippen molar-refractivity contribution < 1.29 is 14.3 Å². The van der Waals surface area contributed by atoms with Crippen LogP contribution in [0.4, 0.5) is 5.69 Å². The van der Waals surface area contributed by atoms with E-state index in [4.69, 9.17) is 19.9 Å². The first-order valence-corrected chi connectivity index (χ1v) is 12.7. The molecule has 4 aromatic carbocycles. The Morgan fingerprint density at radius 3 is 2.65 bits per heavy atom. The highest BCUT2D eigenvalue weighted by Crippen LogP contribution is 2.28. The van der Waals surface area contributed by atoms with Gasteiger partial charge in [-0.3, -0.25) is 4.79 Å². The third kappa shape index (κ3) is 4.41. The standard InChI is InChI=1S/C28H22N6O2S/c1-3-36-22-15-16-24-26(17-22)37-28(30-24)34-32-27(20-11-13-21(14-12-20)29-18(2)35)31-33(34)25-10-6-8-19-7-4-5-9-23(19)25/h4-17H,3H2,1-2H3/p+1. The van der Waals surface area contributed by atoms with Gasteiger partial charge in [0, 0.05) is 34.7 Å². The fraction of sp³-hybridized carbons (Fsp3) is 0.107. The SMILES string of the molecule is CCOc1ccc2nc(-[n+]3nc(-c4ccc(NC(C)=O)cc4)nn3-c3cccc4ccccc34)sc2c1. The molecule has 1 N–H and O–H groups in total. The van der Waals surface area contributed by atoms with Gasteiger partial charge in [-0.05, 0) is 69.5 Å². The fourth-order valence-corrected chi connectivity index (χ4v) is 5.14. The molecule has 0 radical (unpaired) electrons. The molecule has 0 saturated carbocycles. The fourth-order valence-electron chi connectivity index (χ4n) is 4.20. The van der Waals surface area contributed by atoms with Crippen molar-refractivity contribution >= 4 is 43.9 Å². The molecule has 0 aliphatic heterocycles. The van der Waals surface area contributed by atoms with E-state index in [0.717, 1.165) is 38.0 Å². The summed E-state index contributed by atoms with van der Waals surface area (Å²) < 4.78 is 6.68. The van der Waals surface area contributed by atoms with Gasteiger partial charge in [0.15, 0.2) is 5.52 Å². The van der Waals surface area contributed by atoms with Crippen LogP contribution >= 0.6 is 11.3 Å². The van der Waals surface area contributed by atoms with Crippen LogP contribution in [0.2, 0.25) is 0 Å². The second-order valence-corrected chi connectivity index (χ2v) is 9.43. The molecule has 2 heterocycles. The molecule has 0 fully saturated rings. The lowest BCUT2D eigenvalue weighted by atomic mass is 10.1. The van der Waals surface area contributed by atoms with Crippen LogP contribution in [0, 0.1) is 0 Å². The molecule has 1 amide bonds. The molecule has 8 nitrogen and oxygen atoms in total. The number of carbonyl (C=O) groups excluding carboxylic acids is 1. The lowest BCUT2D eigenvalue weighted by Gasteiger charge is -2.04. The van der Waals surface area contributed by atoms with E-state index in [-0.39, 0.29) is 5.91 Å². The number of fused-ring (bicyclic) bond motifs is 2. The normalized spacial score (nSPS) is 11.2. The van der Waals surface area contributed by atoms with Gasteiger partial charge in [-0.15, -0.1) is 0 Å². The molecule has 0 unspecified atom stereocenters. The van der Waals surface area contributed by atoms with E-state index >= 15 is 0 Å². The van der Waals surface area contributed by atoms with E-state index < -0.39 is 0 Å². The number of amides is 1. The van der Waals surface area contributed by atoms with Gasteiger partial charge in [0.2, 0.25) is 5.91 Å². The van der Waals surface area contributed by atoms with E-state index in [1.165, 1.54) is 18.3 Å². The smallest absolute Gasteiger partial charge is 0.365 e. The van der Waals surface area contributed by atoms with Gasteiger partial charge >= 0.3 is 5.13 Å². The number of nitrogens with zero attached hydrogens (tertiary/aromatic N) is 5. The molecule has 0 aliphatic rings. The van der Waals surface area contributed by atoms with Crippen molar-refractivity contribution in [2.45, 2.75) is 13.8 Å². The number of thiazole rings is 1. The summed E-state index contributed by atoms with van der Waals surface area (Å²) >= 11 is 1.52. The first-order chi connectivity index (χ1) is 18.1. The first-order valence-electron chi connectivity index (χ1n) is 11.9. The maximum absolute atomic E-state index is 11.4. The Morgan fingerprint density at radius 2 is 1.84 bits per heavy atom. The number of nitrogens with one attached hydrogen (secondary N) is 1. The van der Waals surface area contributed by atoms with E-state index in [1.807, 2.05) is 73.7 Å². The highest BCUT2D eigenvalue weighted by molar-refractivity contribution is 7.20. The van der Waals surface area contributed by atoms with Gasteiger partial charge in [0.25, 0.3) is 5.82 Å². The van der Waals surface area contributed by atoms with Gasteiger partial charge in [0.1, 0.15) is 11.4 Å². The minimum absolute atomic E-state index is 0.118. The predicted molar refractivity (Wildman–Crippen MR) is 144 cm³/mol. The van der Waals surface area contributed by atoms with Gasteiger partial charge < -0.3 is 10.1 Å². The zero-order valence-electron chi connectivity index (χ0n) is 20.3. The van der Waals surface area contributed by atoms with Crippen molar-refractivity contribution in [1.82, 2.24) is 20.0 Å². The average molecular weight is 508 g/mol. The van der Waals surface area contributed by atoms with Crippen molar-refractivity contribution in [3.05, 3.63) is 84.9 Å². The number of anilines is 1. The first kappa shape index (κ1) is 22.8. The quantitative estimate of drug-likeness (QED) is 0.308. The zero-order valence-corrected chi connectivity index (χ0v) is 21.1. The largest absolute Gasteiger partial charge is 0.494 e. The molecule has 182 valence electrons. The van der Waals surface area contributed by atoms with Gasteiger partial charge in [-0.2, -0.15) is 0 Å². The Morgan fingerprint density at radius 1 is 1.03 bits per heavy atom. The van der Waals surface area contributed by atoms with Crippen molar-refractivity contribution in [2.24, 2.45) is 0 Å². The number of hydrogen-bond donors (Lipinski definition) is 1. The zero-order chi connectivity index (χ0) is 25.4. The Balaban J connectivity index is 1.52. The summed E-state index contributed by atoms with van der Waals surface area (Å²) in [7, 11) is 0. The number of rotatable bonds is 6. The third-order valence-corrected chi connectivity index (χ3v) is 6.82. The highest BCUT2D eigenvalue weighted by Gasteiger charge is 2.26. The van der Waals surface area contributed by atoms with Crippen molar-refractivity contribution in [1.29, 1.82) is 0 Å². The Kier molecular flexibility index (Phi) is 5.82. The molecule has 9 heteroatoms. The minimum Gasteiger partial charge on any atom is -0.494 e. The Labute approximate surface area is 216 Å². The summed E-state index contributed by atoms with van der Waals surface area (Å²) in [6.45, 7) is 4.06. The molecular weight excluding hydrogens is 484 g/mol. The van der Waals surface area contributed by atoms with Crippen LogP contribution < -0.4 is 14.9 Å². The number of carbonyl (C=O) groups is 1. The molecule has 6 aromatic rings. The molecule has 6 rings (SSSR count). The van der Waals surface area contributed by atoms with E-state index in [0.29, 0.717) is 23.3 Å². The predicted octanol–water partition coefficient (Wildman–Crippen LogP) is 5.33. The van der Waals surface area contributed by atoms with Crippen LogP contribution in [0.3, 0.4) is 0 Å². The van der Waals surface area contributed by atoms with Crippen LogP contribution in [0.15, 0.2) is 84.9 Å². The average Bonchev–Trinajstić information content (AvgIpc) is 3.53. The van der Waals surface area contributed by atoms with Crippen LogP contribution in [0.1, 0.15) is 13.8 Å². The summed E-state index contributed by atoms with van der Waals surface area (Å²) in [5.41, 5.74) is 3.29. The van der Waals surface area contributed by atoms with Gasteiger partial charge in [0.05, 0.1) is 11.3 Å². The number of aromatic nitrogens is 5. The molecule has 37 heavy (non-hydrogen) atoms. The maximum Gasteiger partial charge on any atom is 0.365 e. The number of ether oxygens (including phenoxy) is 1. The summed E-state index contributed by atoms with van der Waals surface area (Å²) in [5, 5.41) is 15.4. The summed E-state index contributed by atoms with van der Waals surface area (Å²) in [6, 6.07) is 27.7. The Bertz CT molecular complexity index is 1750. The molecule has 2 aromatic heterocycles. The van der Waals surface area contributed by atoms with Crippen LogP contribution in [0.25, 0.3) is 43.2 Å². The van der Waals surface area contributed by atoms with Crippen molar-refractivity contribution in [3.63, 3.8) is 0 Å². The van der Waals surface area contributed by atoms with Gasteiger partial charge in [-0.25, -0.2) is 0 Å². The van der Waals surface area contributed by atoms with Crippen LogP contribution in [-0.4, -0.2) is 32.5 Å². The summed E-state index contributed by atoms with van der Waals surface area (Å²) in [5.74, 6) is 1.23. The monoisotopic (exact) mass is 507 g/mol. The third-order valence-electron chi connectivity index (χ3n) is 5.83. The lowest BCUT2D eigenvalue weighted by Crippen LogP contribution is -2.43. The summed E-state index contributed by atoms with van der Waals surface area (Å²) in [4.78, 5) is 19.8. The topological polar surface area (TPSA) is 85.8 Å². The second-order valence-electron chi connectivity index (χ2n) is 8.42. The molecule has 0 atom stereocenters. The van der Waals surface area contributed by atoms with E-state index in [1.54, 1.807) is 9.59 Å². The van der Waals surface area contributed by atoms with Gasteiger partial charge in [-0.1, -0.05) is 52.7 Å². The lowest BCUT2D eigenvalue weighted by molar-refractivity contribution is -0.733. The summed E-state index contributed by atoms with van der Waals surface area (Å²) in [6.07, 6.45) is 0. The number of tetrazole rings is 1. The molecule has 0 saturated heterocycles. The highest BCUT2D eigenvalue weighted by atomic mass is 32.1. The molecule has 0 spiro atoms. The number of hydrogen-bond acceptors (Lipinski definition) is 6. The second kappa shape index (κ2) is 9.44. The van der Waals surface area contributed by atoms with E-state index in [2.05, 4.69) is 23.5 Å². The Hall–Kier alpha value is -4.63. The maximum atomic E-state index is 11.4. The number of benzene rings is 4. The minimum atomic E-state index is -0.118. The molecule has 0 aliphatic carbocycles. The van der Waals surface area contributed by atoms with Crippen molar-refractivity contribution in [2.75, 3.05) is 11.9 Å². The van der Waals surface area contributed by atoms with Crippen LogP contribution in [0.5, 0.6) is 5.75 Å². The van der Waals surface area contributed by atoms with Crippen LogP contribution in [-0.2, 0) is 4.79 Å².